The van der Waals surface area contributed by atoms with Crippen molar-refractivity contribution in [1.82, 2.24) is 19.4 Å². The Hall–Kier alpha value is -2.37. The molecule has 1 saturated heterocycles. The first-order valence-electron chi connectivity index (χ1n) is 11.2. The minimum absolute atomic E-state index is 0.103. The highest BCUT2D eigenvalue weighted by molar-refractivity contribution is 6.36. The smallest absolute Gasteiger partial charge is 0.396 e. The van der Waals surface area contributed by atoms with Gasteiger partial charge in [0.05, 0.1) is 22.7 Å². The molecule has 2 aliphatic carbocycles. The largest absolute Gasteiger partial charge is 0.433 e. The highest BCUT2D eigenvalue weighted by Gasteiger charge is 2.55. The first-order chi connectivity index (χ1) is 16.0. The Kier molecular flexibility index (Phi) is 5.57. The van der Waals surface area contributed by atoms with Gasteiger partial charge in [-0.2, -0.15) is 18.3 Å². The number of pyridine rings is 1. The summed E-state index contributed by atoms with van der Waals surface area (Å²) in [5.74, 6) is -0.943. The molecule has 2 saturated carbocycles. The summed E-state index contributed by atoms with van der Waals surface area (Å²) in [6.07, 6.45) is -3.60. The first-order valence-corrected chi connectivity index (χ1v) is 11.6. The molecule has 34 heavy (non-hydrogen) atoms. The number of piperazine rings is 1. The number of aliphatic hydroxyl groups is 2. The summed E-state index contributed by atoms with van der Waals surface area (Å²) in [5, 5.41) is 23.4. The zero-order valence-electron chi connectivity index (χ0n) is 18.3. The lowest BCUT2D eigenvalue weighted by Crippen LogP contribution is -2.57. The molecule has 3 fully saturated rings. The fourth-order valence-corrected chi connectivity index (χ4v) is 5.49. The maximum atomic E-state index is 13.7. The molecule has 0 radical (unpaired) electrons. The number of carbonyl (C=O) groups is 2. The van der Waals surface area contributed by atoms with Crippen LogP contribution in [0, 0.1) is 11.8 Å². The van der Waals surface area contributed by atoms with E-state index in [1.54, 1.807) is 11.8 Å². The van der Waals surface area contributed by atoms with Crippen molar-refractivity contribution < 1.29 is 33.0 Å². The quantitative estimate of drug-likeness (QED) is 0.670. The van der Waals surface area contributed by atoms with Crippen LogP contribution in [0.2, 0.25) is 5.02 Å². The van der Waals surface area contributed by atoms with E-state index in [0.717, 1.165) is 18.9 Å². The Morgan fingerprint density at radius 3 is 2.62 bits per heavy atom. The van der Waals surface area contributed by atoms with Gasteiger partial charge >= 0.3 is 6.18 Å². The van der Waals surface area contributed by atoms with Crippen LogP contribution in [-0.2, 0) is 11.0 Å². The van der Waals surface area contributed by atoms with Crippen molar-refractivity contribution >= 4 is 28.9 Å². The number of alkyl halides is 3. The van der Waals surface area contributed by atoms with Gasteiger partial charge in [-0.15, -0.1) is 0 Å². The van der Waals surface area contributed by atoms with Crippen molar-refractivity contribution in [2.24, 2.45) is 11.8 Å². The molecule has 8 nitrogen and oxygen atoms in total. The summed E-state index contributed by atoms with van der Waals surface area (Å²) >= 11 is 6.33. The van der Waals surface area contributed by atoms with E-state index in [-0.39, 0.29) is 65.9 Å². The van der Waals surface area contributed by atoms with Crippen LogP contribution in [0.1, 0.15) is 47.4 Å². The Labute approximate surface area is 197 Å². The van der Waals surface area contributed by atoms with Crippen LogP contribution < -0.4 is 0 Å². The molecule has 3 aliphatic rings. The van der Waals surface area contributed by atoms with E-state index in [2.05, 4.69) is 5.10 Å². The third-order valence-electron chi connectivity index (χ3n) is 7.33. The molecule has 184 valence electrons. The molecule has 1 unspecified atom stereocenters. The van der Waals surface area contributed by atoms with E-state index < -0.39 is 29.8 Å². The van der Waals surface area contributed by atoms with Gasteiger partial charge in [-0.05, 0) is 42.4 Å². The summed E-state index contributed by atoms with van der Waals surface area (Å²) in [7, 11) is 0. The average molecular weight is 501 g/mol. The Morgan fingerprint density at radius 1 is 1.29 bits per heavy atom. The Morgan fingerprint density at radius 2 is 2.03 bits per heavy atom. The van der Waals surface area contributed by atoms with Gasteiger partial charge in [-0.1, -0.05) is 18.5 Å². The van der Waals surface area contributed by atoms with Crippen LogP contribution in [-0.4, -0.2) is 79.8 Å². The predicted octanol–water partition coefficient (Wildman–Crippen LogP) is 2.16. The number of nitrogens with zero attached hydrogens (tertiary/aromatic N) is 4. The SMILES string of the molecule is CC(CO)c1cc(C(F)(F)F)n2nc(C(=O)N3CCN([C@H]4C[C@H]5C[C@@H]5[C@H]4O)C(=O)C3)c(Cl)c2c1. The second kappa shape index (κ2) is 8.10. The van der Waals surface area contributed by atoms with Crippen LogP contribution in [0.3, 0.4) is 0 Å². The van der Waals surface area contributed by atoms with Crippen LogP contribution in [0.15, 0.2) is 12.1 Å². The fourth-order valence-electron chi connectivity index (χ4n) is 5.23. The van der Waals surface area contributed by atoms with Crippen molar-refractivity contribution in [1.29, 1.82) is 0 Å². The number of fused-ring (bicyclic) bond motifs is 2. The van der Waals surface area contributed by atoms with E-state index in [9.17, 15) is 33.0 Å². The van der Waals surface area contributed by atoms with E-state index in [1.165, 1.54) is 11.0 Å². The van der Waals surface area contributed by atoms with E-state index in [1.807, 2.05) is 0 Å². The normalized spacial score (nSPS) is 27.9. The Balaban J connectivity index is 1.42. The number of rotatable bonds is 4. The van der Waals surface area contributed by atoms with Gasteiger partial charge in [0.2, 0.25) is 5.91 Å². The molecular weight excluding hydrogens is 477 g/mol. The van der Waals surface area contributed by atoms with Crippen molar-refractivity contribution in [2.75, 3.05) is 26.2 Å². The molecule has 2 aromatic rings. The molecule has 0 spiro atoms. The fraction of sp³-hybridized carbons (Fsp3) is 0.591. The van der Waals surface area contributed by atoms with Gasteiger partial charge in [0, 0.05) is 25.6 Å². The summed E-state index contributed by atoms with van der Waals surface area (Å²) in [6, 6.07) is 2.00. The molecule has 1 aliphatic heterocycles. The monoisotopic (exact) mass is 500 g/mol. The molecule has 2 aromatic heterocycles. The summed E-state index contributed by atoms with van der Waals surface area (Å²) < 4.78 is 41.8. The second-order valence-electron chi connectivity index (χ2n) is 9.48. The lowest BCUT2D eigenvalue weighted by molar-refractivity contribution is -0.142. The van der Waals surface area contributed by atoms with Crippen molar-refractivity contribution in [3.63, 3.8) is 0 Å². The lowest BCUT2D eigenvalue weighted by Gasteiger charge is -2.39. The predicted molar refractivity (Wildman–Crippen MR) is 114 cm³/mol. The molecule has 0 aromatic carbocycles. The van der Waals surface area contributed by atoms with E-state index in [0.29, 0.717) is 10.4 Å². The molecule has 3 heterocycles. The minimum Gasteiger partial charge on any atom is -0.396 e. The van der Waals surface area contributed by atoms with E-state index in [4.69, 9.17) is 11.6 Å². The van der Waals surface area contributed by atoms with Gasteiger partial charge in [0.1, 0.15) is 12.2 Å². The molecule has 5 rings (SSSR count). The number of aromatic nitrogens is 2. The lowest BCUT2D eigenvalue weighted by atomic mass is 10.0. The molecule has 2 amide bonds. The summed E-state index contributed by atoms with van der Waals surface area (Å²) in [5.41, 5.74) is -1.38. The molecule has 5 atom stereocenters. The number of amides is 2. The van der Waals surface area contributed by atoms with Crippen LogP contribution >= 0.6 is 11.6 Å². The van der Waals surface area contributed by atoms with Gasteiger partial charge < -0.3 is 20.0 Å². The molecule has 2 N–H and O–H groups in total. The third-order valence-corrected chi connectivity index (χ3v) is 7.70. The van der Waals surface area contributed by atoms with Crippen molar-refractivity contribution in [3.8, 4) is 0 Å². The van der Waals surface area contributed by atoms with Gasteiger partial charge in [0.25, 0.3) is 5.91 Å². The van der Waals surface area contributed by atoms with Crippen LogP contribution in [0.25, 0.3) is 5.52 Å². The van der Waals surface area contributed by atoms with Crippen molar-refractivity contribution in [3.05, 3.63) is 34.1 Å². The van der Waals surface area contributed by atoms with Crippen LogP contribution in [0.4, 0.5) is 13.2 Å². The Bertz CT molecular complexity index is 1170. The molecule has 12 heteroatoms. The third kappa shape index (κ3) is 3.74. The van der Waals surface area contributed by atoms with Gasteiger partial charge in [0.15, 0.2) is 5.69 Å². The molecular formula is C22H24ClF3N4O4. The number of hydrogen-bond donors (Lipinski definition) is 2. The summed E-state index contributed by atoms with van der Waals surface area (Å²) in [6.45, 7) is 1.32. The highest BCUT2D eigenvalue weighted by atomic mass is 35.5. The number of hydrogen-bond acceptors (Lipinski definition) is 5. The van der Waals surface area contributed by atoms with Crippen LogP contribution in [0.5, 0.6) is 0 Å². The highest BCUT2D eigenvalue weighted by Crippen LogP contribution is 2.53. The zero-order valence-corrected chi connectivity index (χ0v) is 19.1. The second-order valence-corrected chi connectivity index (χ2v) is 9.86. The zero-order chi connectivity index (χ0) is 24.5. The van der Waals surface area contributed by atoms with Crippen molar-refractivity contribution in [2.45, 2.75) is 44.0 Å². The average Bonchev–Trinajstić information content (AvgIpc) is 3.40. The topological polar surface area (TPSA) is 98.4 Å². The minimum atomic E-state index is -4.77. The van der Waals surface area contributed by atoms with Gasteiger partial charge in [-0.3, -0.25) is 9.59 Å². The number of carbonyl (C=O) groups excluding carboxylic acids is 2. The maximum Gasteiger partial charge on any atom is 0.433 e. The number of halogens is 4. The van der Waals surface area contributed by atoms with Gasteiger partial charge in [-0.25, -0.2) is 4.52 Å². The van der Waals surface area contributed by atoms with E-state index >= 15 is 0 Å². The maximum absolute atomic E-state index is 13.7. The first kappa shape index (κ1) is 23.4. The molecule has 0 bridgehead atoms. The number of aliphatic hydroxyl groups excluding tert-OH is 2. The summed E-state index contributed by atoms with van der Waals surface area (Å²) in [4.78, 5) is 28.8. The standard InChI is InChI=1S/C22H24ClF3N4O4/c1-10(9-31)11-5-14-18(23)19(27-30(14)16(7-11)22(24,25)26)21(34)28-2-3-29(17(32)8-28)15-6-12-4-13(12)20(15)33/h5,7,10,12-13,15,20,31,33H,2-4,6,8-9H2,1H3/t10?,12-,13+,15+,20-/m1/s1.